The molecule has 0 radical (unpaired) electrons. The first-order valence-corrected chi connectivity index (χ1v) is 9.57. The zero-order valence-corrected chi connectivity index (χ0v) is 17.8. The van der Waals surface area contributed by atoms with Gasteiger partial charge < -0.3 is 30.7 Å². The third-order valence-corrected chi connectivity index (χ3v) is 4.15. The summed E-state index contributed by atoms with van der Waals surface area (Å²) in [6.45, 7) is 0. The van der Waals surface area contributed by atoms with Gasteiger partial charge in [0.15, 0.2) is 0 Å². The first-order chi connectivity index (χ1) is 14.3. The monoisotopic (exact) mass is 404 g/mol. The summed E-state index contributed by atoms with van der Waals surface area (Å²) in [4.78, 5) is 3.93. The van der Waals surface area contributed by atoms with Crippen LogP contribution in [0.1, 0.15) is 0 Å². The average Bonchev–Trinajstić information content (AvgIpc) is 2.67. The molecule has 0 unspecified atom stereocenters. The van der Waals surface area contributed by atoms with Crippen LogP contribution < -0.4 is 31.4 Å². The smallest absolute Gasteiger partial charge is 0.137 e. The van der Waals surface area contributed by atoms with E-state index < -0.39 is 0 Å². The zero-order valence-electron chi connectivity index (χ0n) is 17.8. The van der Waals surface area contributed by atoms with Crippen LogP contribution in [0.4, 0.5) is 11.4 Å². The van der Waals surface area contributed by atoms with Crippen LogP contribution in [0.3, 0.4) is 0 Å². The maximum atomic E-state index is 6.18. The minimum atomic E-state index is 0.691. The molecule has 0 spiro atoms. The standard InChI is InChI=1S/C24H28N4O2/c1-27(2)15-17-13-24(30-22-11-7-20(26)8-12-22)18(16-28(3)4)14-23(17)29-21-9-5-19(25)6-10-21/h5-16H,25-26H2,1-4H3. The van der Waals surface area contributed by atoms with Crippen molar-refractivity contribution in [3.05, 3.63) is 71.1 Å². The van der Waals surface area contributed by atoms with Gasteiger partial charge in [-0.05, 0) is 60.7 Å². The summed E-state index contributed by atoms with van der Waals surface area (Å²) in [6, 6.07) is 18.6. The van der Waals surface area contributed by atoms with Crippen molar-refractivity contribution in [1.29, 1.82) is 0 Å². The van der Waals surface area contributed by atoms with Crippen LogP contribution in [0.5, 0.6) is 23.0 Å². The minimum absolute atomic E-state index is 0.691. The number of nitrogens with zero attached hydrogens (tertiary/aromatic N) is 2. The van der Waals surface area contributed by atoms with Gasteiger partial charge in [-0.25, -0.2) is 0 Å². The molecular formula is C24H28N4O2. The number of nitrogen functional groups attached to an aromatic ring is 2. The highest BCUT2D eigenvalue weighted by molar-refractivity contribution is 5.49. The maximum Gasteiger partial charge on any atom is 0.137 e. The number of benzene rings is 3. The molecule has 0 aliphatic rings. The second-order valence-electron chi connectivity index (χ2n) is 7.46. The lowest BCUT2D eigenvalue weighted by molar-refractivity contribution is 0.460. The van der Waals surface area contributed by atoms with Gasteiger partial charge in [0.1, 0.15) is 23.0 Å². The Labute approximate surface area is 177 Å². The number of hydrogen-bond acceptors (Lipinski definition) is 6. The lowest BCUT2D eigenvalue weighted by Gasteiger charge is -2.14. The molecule has 6 nitrogen and oxygen atoms in total. The minimum Gasteiger partial charge on any atom is -0.457 e. The third kappa shape index (κ3) is 5.61. The van der Waals surface area contributed by atoms with E-state index in [1.165, 1.54) is 0 Å². The Bertz CT molecular complexity index is 1010. The second-order valence-corrected chi connectivity index (χ2v) is 7.46. The van der Waals surface area contributed by atoms with Gasteiger partial charge >= 0.3 is 0 Å². The highest BCUT2D eigenvalue weighted by atomic mass is 16.5. The molecule has 0 fully saturated rings. The summed E-state index contributed by atoms with van der Waals surface area (Å²) in [7, 11) is 7.86. The molecule has 0 amide bonds. The molecule has 0 atom stereocenters. The van der Waals surface area contributed by atoms with Crippen molar-refractivity contribution in [3.8, 4) is 23.0 Å². The van der Waals surface area contributed by atoms with Crippen LogP contribution in [-0.2, 0) is 0 Å². The summed E-state index contributed by atoms with van der Waals surface area (Å²) < 4.78 is 12.4. The summed E-state index contributed by atoms with van der Waals surface area (Å²) in [5.41, 5.74) is 13.0. The van der Waals surface area contributed by atoms with Crippen molar-refractivity contribution in [3.63, 3.8) is 0 Å². The van der Waals surface area contributed by atoms with E-state index in [0.29, 0.717) is 34.4 Å². The van der Waals surface area contributed by atoms with Gasteiger partial charge in [0.05, 0.1) is 0 Å². The van der Waals surface area contributed by atoms with Crippen molar-refractivity contribution in [2.75, 3.05) is 39.7 Å². The van der Waals surface area contributed by atoms with Crippen LogP contribution in [0.2, 0.25) is 0 Å². The Morgan fingerprint density at radius 2 is 0.933 bits per heavy atom. The van der Waals surface area contributed by atoms with E-state index in [1.54, 1.807) is 0 Å². The lowest BCUT2D eigenvalue weighted by atomic mass is 10.2. The SMILES string of the molecule is CN(C)C=c1cc(Oc2ccc(N)cc2)c(=CN(C)C)cc1Oc1ccc(N)cc1. The number of anilines is 2. The molecule has 0 aliphatic heterocycles. The van der Waals surface area contributed by atoms with Crippen LogP contribution >= 0.6 is 0 Å². The van der Waals surface area contributed by atoms with Crippen LogP contribution in [-0.4, -0.2) is 38.0 Å². The van der Waals surface area contributed by atoms with Gasteiger partial charge in [0, 0.05) is 62.4 Å². The highest BCUT2D eigenvalue weighted by Crippen LogP contribution is 2.23. The normalized spacial score (nSPS) is 12.0. The highest BCUT2D eigenvalue weighted by Gasteiger charge is 2.08. The number of nitrogens with two attached hydrogens (primary N) is 2. The van der Waals surface area contributed by atoms with Crippen molar-refractivity contribution in [1.82, 2.24) is 9.80 Å². The zero-order chi connectivity index (χ0) is 21.7. The molecule has 3 rings (SSSR count). The molecular weight excluding hydrogens is 376 g/mol. The number of ether oxygens (including phenoxy) is 2. The van der Waals surface area contributed by atoms with Crippen molar-refractivity contribution in [2.45, 2.75) is 0 Å². The van der Waals surface area contributed by atoms with Gasteiger partial charge in [0.2, 0.25) is 0 Å². The van der Waals surface area contributed by atoms with E-state index >= 15 is 0 Å². The summed E-state index contributed by atoms with van der Waals surface area (Å²) in [6.07, 6.45) is 3.98. The first-order valence-electron chi connectivity index (χ1n) is 9.57. The fourth-order valence-corrected chi connectivity index (χ4v) is 2.85. The summed E-state index contributed by atoms with van der Waals surface area (Å²) in [5.74, 6) is 2.85. The second kappa shape index (κ2) is 9.13. The molecule has 0 heterocycles. The lowest BCUT2D eigenvalue weighted by Crippen LogP contribution is -2.20. The number of hydrogen-bond donors (Lipinski definition) is 2. The molecule has 0 aliphatic carbocycles. The van der Waals surface area contributed by atoms with Gasteiger partial charge in [-0.3, -0.25) is 0 Å². The van der Waals surface area contributed by atoms with E-state index in [-0.39, 0.29) is 0 Å². The molecule has 30 heavy (non-hydrogen) atoms. The maximum absolute atomic E-state index is 6.18. The van der Waals surface area contributed by atoms with Gasteiger partial charge in [-0.15, -0.1) is 0 Å². The fourth-order valence-electron chi connectivity index (χ4n) is 2.85. The Hall–Kier alpha value is -3.80. The molecule has 156 valence electrons. The Morgan fingerprint density at radius 3 is 1.23 bits per heavy atom. The van der Waals surface area contributed by atoms with E-state index in [1.807, 2.05) is 111 Å². The van der Waals surface area contributed by atoms with Gasteiger partial charge in [-0.2, -0.15) is 0 Å². The van der Waals surface area contributed by atoms with Crippen molar-refractivity contribution < 1.29 is 9.47 Å². The summed E-state index contributed by atoms with van der Waals surface area (Å²) in [5, 5.41) is 1.77. The molecule has 3 aromatic rings. The molecule has 3 aromatic carbocycles. The third-order valence-electron chi connectivity index (χ3n) is 4.15. The Balaban J connectivity index is 2.12. The van der Waals surface area contributed by atoms with E-state index in [2.05, 4.69) is 0 Å². The molecule has 0 aromatic heterocycles. The predicted octanol–water partition coefficient (Wildman–Crippen LogP) is 3.03. The van der Waals surface area contributed by atoms with Gasteiger partial charge in [0.25, 0.3) is 0 Å². The van der Waals surface area contributed by atoms with Crippen molar-refractivity contribution in [2.24, 2.45) is 0 Å². The van der Waals surface area contributed by atoms with Gasteiger partial charge in [-0.1, -0.05) is 0 Å². The van der Waals surface area contributed by atoms with Crippen LogP contribution in [0, 0.1) is 0 Å². The molecule has 0 saturated heterocycles. The van der Waals surface area contributed by atoms with E-state index in [4.69, 9.17) is 20.9 Å². The topological polar surface area (TPSA) is 77.0 Å². The first kappa shape index (κ1) is 20.9. The molecule has 6 heteroatoms. The molecule has 0 bridgehead atoms. The molecule has 4 N–H and O–H groups in total. The summed E-state index contributed by atoms with van der Waals surface area (Å²) >= 11 is 0. The predicted molar refractivity (Wildman–Crippen MR) is 124 cm³/mol. The van der Waals surface area contributed by atoms with Crippen molar-refractivity contribution >= 4 is 23.8 Å². The average molecular weight is 405 g/mol. The fraction of sp³-hybridized carbons (Fsp3) is 0.167. The molecule has 0 saturated carbocycles. The quantitative estimate of drug-likeness (QED) is 0.615. The number of rotatable bonds is 6. The largest absolute Gasteiger partial charge is 0.457 e. The van der Waals surface area contributed by atoms with E-state index in [0.717, 1.165) is 10.4 Å². The van der Waals surface area contributed by atoms with E-state index in [9.17, 15) is 0 Å². The van der Waals surface area contributed by atoms with Crippen LogP contribution in [0.15, 0.2) is 60.7 Å². The Morgan fingerprint density at radius 1 is 0.600 bits per heavy atom. The Kier molecular flexibility index (Phi) is 6.37. The van der Waals surface area contributed by atoms with Crippen LogP contribution in [0.25, 0.3) is 12.4 Å².